The summed E-state index contributed by atoms with van der Waals surface area (Å²) < 4.78 is 12.2. The van der Waals surface area contributed by atoms with Crippen LogP contribution in [0.15, 0.2) is 11.9 Å². The van der Waals surface area contributed by atoms with Crippen molar-refractivity contribution in [3.05, 3.63) is 23.2 Å². The van der Waals surface area contributed by atoms with E-state index in [-0.39, 0.29) is 0 Å². The van der Waals surface area contributed by atoms with Gasteiger partial charge in [-0.05, 0) is 93.5 Å². The summed E-state index contributed by atoms with van der Waals surface area (Å²) in [6.07, 6.45) is 16.9. The first-order valence-corrected chi connectivity index (χ1v) is 13.0. The van der Waals surface area contributed by atoms with Gasteiger partial charge in [0.1, 0.15) is 12.4 Å². The van der Waals surface area contributed by atoms with Crippen LogP contribution >= 0.6 is 0 Å². The van der Waals surface area contributed by atoms with Crippen molar-refractivity contribution in [1.29, 1.82) is 0 Å². The second kappa shape index (κ2) is 9.60. The van der Waals surface area contributed by atoms with Crippen molar-refractivity contribution < 1.29 is 9.47 Å². The molecule has 1 aromatic heterocycles. The molecular weight excluding hydrogens is 384 g/mol. The molecule has 2 heterocycles. The fourth-order valence-corrected chi connectivity index (χ4v) is 6.63. The zero-order chi connectivity index (χ0) is 21.2. The standard InChI is InChI=1S/C27H40N2O2/c1-3-18(2)14-19-4-5-22-16-25-26(24(22)15-19)27(29-17-28-25)31-23-8-6-20(7-9-23)21-10-12-30-13-11-21/h17-21,23H,3-16H2,1-2H3/t18?,19-,20-,23-/m0/s1. The summed E-state index contributed by atoms with van der Waals surface area (Å²) in [5.74, 6) is 4.25. The van der Waals surface area contributed by atoms with Crippen molar-refractivity contribution in [1.82, 2.24) is 9.97 Å². The minimum atomic E-state index is 0.319. The molecular formula is C27H40N2O2. The van der Waals surface area contributed by atoms with Gasteiger partial charge in [0, 0.05) is 19.6 Å². The number of fused-ring (bicyclic) bond motifs is 2. The van der Waals surface area contributed by atoms with Crippen LogP contribution in [0.25, 0.3) is 5.57 Å². The fourth-order valence-electron chi connectivity index (χ4n) is 6.63. The monoisotopic (exact) mass is 424 g/mol. The molecule has 0 aromatic carbocycles. The van der Waals surface area contributed by atoms with Crippen molar-refractivity contribution in [2.75, 3.05) is 13.2 Å². The molecule has 1 unspecified atom stereocenters. The second-order valence-corrected chi connectivity index (χ2v) is 10.7. The molecule has 3 aliphatic carbocycles. The predicted molar refractivity (Wildman–Crippen MR) is 124 cm³/mol. The van der Waals surface area contributed by atoms with Crippen molar-refractivity contribution >= 4 is 5.57 Å². The van der Waals surface area contributed by atoms with Gasteiger partial charge in [0.25, 0.3) is 0 Å². The van der Waals surface area contributed by atoms with Crippen LogP contribution in [0.1, 0.15) is 95.7 Å². The van der Waals surface area contributed by atoms with Gasteiger partial charge in [-0.2, -0.15) is 0 Å². The quantitative estimate of drug-likeness (QED) is 0.531. The summed E-state index contributed by atoms with van der Waals surface area (Å²) in [6, 6.07) is 0. The van der Waals surface area contributed by atoms with Crippen LogP contribution in [-0.2, 0) is 11.2 Å². The number of allylic oxidation sites excluding steroid dienone is 2. The molecule has 1 aliphatic heterocycles. The van der Waals surface area contributed by atoms with Crippen LogP contribution in [0.2, 0.25) is 0 Å². The Hall–Kier alpha value is -1.42. The number of nitrogens with zero attached hydrogens (tertiary/aromatic N) is 2. The van der Waals surface area contributed by atoms with E-state index in [9.17, 15) is 0 Å². The van der Waals surface area contributed by atoms with Gasteiger partial charge in [0.15, 0.2) is 0 Å². The van der Waals surface area contributed by atoms with Gasteiger partial charge in [0.05, 0.1) is 11.3 Å². The Morgan fingerprint density at radius 2 is 1.81 bits per heavy atom. The Morgan fingerprint density at radius 3 is 2.58 bits per heavy atom. The first-order valence-electron chi connectivity index (χ1n) is 13.0. The maximum absolute atomic E-state index is 6.61. The van der Waals surface area contributed by atoms with Gasteiger partial charge in [-0.25, -0.2) is 9.97 Å². The minimum absolute atomic E-state index is 0.319. The highest BCUT2D eigenvalue weighted by molar-refractivity contribution is 5.79. The fraction of sp³-hybridized carbons (Fsp3) is 0.778. The first kappa shape index (κ1) is 21.4. The van der Waals surface area contributed by atoms with Crippen LogP contribution in [0.3, 0.4) is 0 Å². The van der Waals surface area contributed by atoms with E-state index >= 15 is 0 Å². The highest BCUT2D eigenvalue weighted by Gasteiger charge is 2.34. The zero-order valence-corrected chi connectivity index (χ0v) is 19.6. The van der Waals surface area contributed by atoms with Crippen molar-refractivity contribution in [2.24, 2.45) is 23.7 Å². The third-order valence-corrected chi connectivity index (χ3v) is 8.71. The number of rotatable bonds is 6. The van der Waals surface area contributed by atoms with E-state index in [4.69, 9.17) is 9.47 Å². The zero-order valence-electron chi connectivity index (χ0n) is 19.6. The molecule has 0 radical (unpaired) electrons. The lowest BCUT2D eigenvalue weighted by atomic mass is 9.76. The van der Waals surface area contributed by atoms with E-state index in [0.717, 1.165) is 49.2 Å². The summed E-state index contributed by atoms with van der Waals surface area (Å²) in [5, 5.41) is 0. The van der Waals surface area contributed by atoms with Gasteiger partial charge < -0.3 is 9.47 Å². The molecule has 4 aliphatic rings. The molecule has 4 nitrogen and oxygen atoms in total. The molecule has 31 heavy (non-hydrogen) atoms. The third kappa shape index (κ3) is 4.69. The molecule has 170 valence electrons. The first-order chi connectivity index (χ1) is 15.2. The Bertz CT molecular complexity index is 790. The molecule has 1 saturated heterocycles. The van der Waals surface area contributed by atoms with Crippen molar-refractivity contribution in [3.63, 3.8) is 0 Å². The lowest BCUT2D eigenvalue weighted by Crippen LogP contribution is -2.31. The Balaban J connectivity index is 1.24. The highest BCUT2D eigenvalue weighted by atomic mass is 16.5. The molecule has 0 N–H and O–H groups in total. The molecule has 0 spiro atoms. The lowest BCUT2D eigenvalue weighted by Gasteiger charge is -2.35. The van der Waals surface area contributed by atoms with Crippen LogP contribution in [0, 0.1) is 23.7 Å². The topological polar surface area (TPSA) is 44.2 Å². The number of aromatic nitrogens is 2. The molecule has 2 fully saturated rings. The third-order valence-electron chi connectivity index (χ3n) is 8.71. The lowest BCUT2D eigenvalue weighted by molar-refractivity contribution is 0.0268. The second-order valence-electron chi connectivity index (χ2n) is 10.7. The Kier molecular flexibility index (Phi) is 6.64. The smallest absolute Gasteiger partial charge is 0.224 e. The summed E-state index contributed by atoms with van der Waals surface area (Å²) >= 11 is 0. The Labute approximate surface area is 188 Å². The number of hydrogen-bond donors (Lipinski definition) is 0. The number of hydrogen-bond acceptors (Lipinski definition) is 4. The van der Waals surface area contributed by atoms with Crippen LogP contribution in [-0.4, -0.2) is 29.3 Å². The van der Waals surface area contributed by atoms with E-state index in [1.807, 2.05) is 0 Å². The summed E-state index contributed by atoms with van der Waals surface area (Å²) in [4.78, 5) is 9.33. The van der Waals surface area contributed by atoms with Crippen LogP contribution < -0.4 is 4.74 Å². The normalized spacial score (nSPS) is 30.1. The summed E-state index contributed by atoms with van der Waals surface area (Å²) in [6.45, 7) is 6.65. The van der Waals surface area contributed by atoms with Gasteiger partial charge in [-0.15, -0.1) is 0 Å². The van der Waals surface area contributed by atoms with E-state index in [0.29, 0.717) is 6.10 Å². The molecule has 5 rings (SSSR count). The van der Waals surface area contributed by atoms with Crippen LogP contribution in [0.4, 0.5) is 0 Å². The highest BCUT2D eigenvalue weighted by Crippen LogP contribution is 2.47. The van der Waals surface area contributed by atoms with Gasteiger partial charge >= 0.3 is 0 Å². The van der Waals surface area contributed by atoms with Crippen LogP contribution in [0.5, 0.6) is 5.88 Å². The summed E-state index contributed by atoms with van der Waals surface area (Å²) in [7, 11) is 0. The summed E-state index contributed by atoms with van der Waals surface area (Å²) in [5.41, 5.74) is 5.65. The SMILES string of the molecule is CCC(C)C[C@@H]1CCC2=C(C1)c1c(ncnc1O[C@H]1CC[C@H](C3CCOCC3)CC1)C2. The molecule has 1 aromatic rings. The van der Waals surface area contributed by atoms with E-state index < -0.39 is 0 Å². The van der Waals surface area contributed by atoms with E-state index in [1.165, 1.54) is 81.9 Å². The van der Waals surface area contributed by atoms with Gasteiger partial charge in [0.2, 0.25) is 5.88 Å². The van der Waals surface area contributed by atoms with E-state index in [1.54, 1.807) is 17.5 Å². The number of ether oxygens (including phenoxy) is 2. The predicted octanol–water partition coefficient (Wildman–Crippen LogP) is 6.39. The van der Waals surface area contributed by atoms with Crippen molar-refractivity contribution in [3.8, 4) is 5.88 Å². The maximum atomic E-state index is 6.61. The Morgan fingerprint density at radius 1 is 1.03 bits per heavy atom. The largest absolute Gasteiger partial charge is 0.474 e. The molecule has 4 heteroatoms. The van der Waals surface area contributed by atoms with Crippen molar-refractivity contribution in [2.45, 2.75) is 97.0 Å². The van der Waals surface area contributed by atoms with Gasteiger partial charge in [-0.3, -0.25) is 0 Å². The van der Waals surface area contributed by atoms with E-state index in [2.05, 4.69) is 23.8 Å². The minimum Gasteiger partial charge on any atom is -0.474 e. The van der Waals surface area contributed by atoms with Gasteiger partial charge in [-0.1, -0.05) is 25.8 Å². The average Bonchev–Trinajstić information content (AvgIpc) is 3.19. The molecule has 2 atom stereocenters. The average molecular weight is 425 g/mol. The maximum Gasteiger partial charge on any atom is 0.224 e. The molecule has 0 bridgehead atoms. The molecule has 1 saturated carbocycles. The molecule has 0 amide bonds.